The van der Waals surface area contributed by atoms with Gasteiger partial charge in [-0.3, -0.25) is 0 Å². The number of aromatic nitrogens is 2. The van der Waals surface area contributed by atoms with Gasteiger partial charge < -0.3 is 9.55 Å². The Hall–Kier alpha value is -1.23. The van der Waals surface area contributed by atoms with E-state index in [1.165, 1.54) is 31.7 Å². The van der Waals surface area contributed by atoms with Crippen molar-refractivity contribution in [3.05, 3.63) is 28.5 Å². The molecule has 0 bridgehead atoms. The highest BCUT2D eigenvalue weighted by Crippen LogP contribution is 2.29. The highest BCUT2D eigenvalue weighted by atomic mass is 32.1. The first-order valence-electron chi connectivity index (χ1n) is 6.73. The van der Waals surface area contributed by atoms with Gasteiger partial charge in [0.25, 0.3) is 0 Å². The lowest BCUT2D eigenvalue weighted by Crippen LogP contribution is -2.05. The van der Waals surface area contributed by atoms with Gasteiger partial charge in [-0.1, -0.05) is 25.7 Å². The maximum atomic E-state index is 13.9. The van der Waals surface area contributed by atoms with Gasteiger partial charge in [-0.15, -0.1) is 0 Å². The van der Waals surface area contributed by atoms with Crippen LogP contribution in [0.5, 0.6) is 0 Å². The van der Waals surface area contributed by atoms with Gasteiger partial charge in [0.2, 0.25) is 0 Å². The first-order chi connectivity index (χ1) is 9.16. The monoisotopic (exact) mass is 282 g/mol. The Kier molecular flexibility index (Phi) is 3.39. The number of H-pyrrole nitrogens is 1. The van der Waals surface area contributed by atoms with Crippen LogP contribution < -0.4 is 0 Å². The van der Waals surface area contributed by atoms with Gasteiger partial charge >= 0.3 is 0 Å². The van der Waals surface area contributed by atoms with Crippen LogP contribution in [0.3, 0.4) is 0 Å². The van der Waals surface area contributed by atoms with E-state index in [2.05, 4.69) is 4.98 Å². The fraction of sp³-hybridized carbons (Fsp3) is 0.500. The molecule has 0 spiro atoms. The predicted molar refractivity (Wildman–Crippen MR) is 73.6 cm³/mol. The normalized spacial score (nSPS) is 16.5. The number of imidazole rings is 1. The average Bonchev–Trinajstić information content (AvgIpc) is 2.99. The lowest BCUT2D eigenvalue weighted by Gasteiger charge is -2.10. The zero-order valence-electron chi connectivity index (χ0n) is 10.6. The summed E-state index contributed by atoms with van der Waals surface area (Å²) in [5, 5.41) is 0. The molecule has 2 nitrogen and oxygen atoms in total. The lowest BCUT2D eigenvalue weighted by atomic mass is 10.0. The third-order valence-corrected chi connectivity index (χ3v) is 4.38. The molecule has 3 rings (SSSR count). The van der Waals surface area contributed by atoms with Gasteiger partial charge in [0.15, 0.2) is 16.4 Å². The summed E-state index contributed by atoms with van der Waals surface area (Å²) in [5.41, 5.74) is 0.832. The fourth-order valence-corrected chi connectivity index (χ4v) is 3.31. The largest absolute Gasteiger partial charge is 0.330 e. The maximum Gasteiger partial charge on any atom is 0.184 e. The number of aryl methyl sites for hydroxylation is 1. The molecule has 1 saturated carbocycles. The van der Waals surface area contributed by atoms with Crippen LogP contribution in [0.4, 0.5) is 8.78 Å². The van der Waals surface area contributed by atoms with Crippen LogP contribution in [0.2, 0.25) is 0 Å². The van der Waals surface area contributed by atoms with Crippen molar-refractivity contribution in [3.63, 3.8) is 0 Å². The van der Waals surface area contributed by atoms with Gasteiger partial charge in [0.05, 0.1) is 5.52 Å². The second-order valence-electron chi connectivity index (χ2n) is 5.28. The van der Waals surface area contributed by atoms with Crippen molar-refractivity contribution < 1.29 is 8.78 Å². The summed E-state index contributed by atoms with van der Waals surface area (Å²) in [5.74, 6) is -0.934. The Bertz CT molecular complexity index is 653. The zero-order valence-corrected chi connectivity index (χ0v) is 11.4. The van der Waals surface area contributed by atoms with Gasteiger partial charge in [-0.2, -0.15) is 0 Å². The average molecular weight is 282 g/mol. The summed E-state index contributed by atoms with van der Waals surface area (Å²) in [6, 6.07) is 2.67. The SMILES string of the molecule is Fc1ccc2[nH]c(=S)n(CCC3CCCC3)c2c1F. The molecule has 1 aliphatic carbocycles. The molecule has 0 atom stereocenters. The van der Waals surface area contributed by atoms with E-state index >= 15 is 0 Å². The molecule has 19 heavy (non-hydrogen) atoms. The Morgan fingerprint density at radius 3 is 2.74 bits per heavy atom. The number of nitrogens with zero attached hydrogens (tertiary/aromatic N) is 1. The van der Waals surface area contributed by atoms with Crippen molar-refractivity contribution in [2.24, 2.45) is 5.92 Å². The van der Waals surface area contributed by atoms with E-state index in [1.54, 1.807) is 4.57 Å². The lowest BCUT2D eigenvalue weighted by molar-refractivity contribution is 0.455. The van der Waals surface area contributed by atoms with Crippen molar-refractivity contribution in [3.8, 4) is 0 Å². The molecule has 0 amide bonds. The Labute approximate surface area is 115 Å². The van der Waals surface area contributed by atoms with E-state index < -0.39 is 11.6 Å². The molecule has 0 saturated heterocycles. The summed E-state index contributed by atoms with van der Waals surface area (Å²) in [4.78, 5) is 2.94. The van der Waals surface area contributed by atoms with Crippen LogP contribution in [0.1, 0.15) is 32.1 Å². The fourth-order valence-electron chi connectivity index (χ4n) is 3.01. The number of hydrogen-bond donors (Lipinski definition) is 1. The second-order valence-corrected chi connectivity index (χ2v) is 5.67. The van der Waals surface area contributed by atoms with Crippen LogP contribution in [0.25, 0.3) is 11.0 Å². The molecule has 1 fully saturated rings. The first-order valence-corrected chi connectivity index (χ1v) is 7.14. The molecule has 0 unspecified atom stereocenters. The minimum atomic E-state index is -0.823. The zero-order chi connectivity index (χ0) is 13.4. The van der Waals surface area contributed by atoms with Crippen molar-refractivity contribution in [1.29, 1.82) is 0 Å². The second kappa shape index (κ2) is 5.04. The third kappa shape index (κ3) is 2.31. The van der Waals surface area contributed by atoms with Crippen LogP contribution in [0, 0.1) is 22.3 Å². The summed E-state index contributed by atoms with van der Waals surface area (Å²) in [6.45, 7) is 0.657. The molecule has 1 heterocycles. The maximum absolute atomic E-state index is 13.9. The molecule has 1 aromatic heterocycles. The molecule has 1 N–H and O–H groups in total. The molecule has 2 aromatic rings. The minimum Gasteiger partial charge on any atom is -0.330 e. The predicted octanol–water partition coefficient (Wildman–Crippen LogP) is 4.56. The van der Waals surface area contributed by atoms with Crippen LogP contribution in [-0.2, 0) is 6.54 Å². The van der Waals surface area contributed by atoms with E-state index in [9.17, 15) is 8.78 Å². The summed E-state index contributed by atoms with van der Waals surface area (Å²) < 4.78 is 29.4. The highest BCUT2D eigenvalue weighted by molar-refractivity contribution is 7.71. The quantitative estimate of drug-likeness (QED) is 0.819. The van der Waals surface area contributed by atoms with Crippen LogP contribution in [-0.4, -0.2) is 9.55 Å². The number of hydrogen-bond acceptors (Lipinski definition) is 1. The molecule has 5 heteroatoms. The molecule has 0 radical (unpaired) electrons. The molecule has 1 aliphatic rings. The number of rotatable bonds is 3. The van der Waals surface area contributed by atoms with E-state index in [0.717, 1.165) is 12.5 Å². The van der Waals surface area contributed by atoms with Crippen molar-refractivity contribution in [2.45, 2.75) is 38.6 Å². The molecule has 0 aliphatic heterocycles. The van der Waals surface area contributed by atoms with Crippen LogP contribution in [0.15, 0.2) is 12.1 Å². The molecule has 1 aromatic carbocycles. The van der Waals surface area contributed by atoms with E-state index in [0.29, 0.717) is 22.8 Å². The van der Waals surface area contributed by atoms with E-state index in [-0.39, 0.29) is 5.52 Å². The van der Waals surface area contributed by atoms with Gasteiger partial charge in [0.1, 0.15) is 5.52 Å². The Balaban J connectivity index is 1.95. The molecular formula is C14H16F2N2S. The van der Waals surface area contributed by atoms with Crippen LogP contribution >= 0.6 is 12.2 Å². The highest BCUT2D eigenvalue weighted by Gasteiger charge is 2.17. The number of nitrogens with one attached hydrogen (secondary N) is 1. The smallest absolute Gasteiger partial charge is 0.184 e. The van der Waals surface area contributed by atoms with E-state index in [4.69, 9.17) is 12.2 Å². The minimum absolute atomic E-state index is 0.267. The Morgan fingerprint density at radius 1 is 1.26 bits per heavy atom. The third-order valence-electron chi connectivity index (χ3n) is 4.06. The van der Waals surface area contributed by atoms with E-state index in [1.807, 2.05) is 0 Å². The topological polar surface area (TPSA) is 20.7 Å². The van der Waals surface area contributed by atoms with Gasteiger partial charge in [0, 0.05) is 6.54 Å². The summed E-state index contributed by atoms with van der Waals surface area (Å²) >= 11 is 5.21. The molecule has 102 valence electrons. The van der Waals surface area contributed by atoms with Crippen molar-refractivity contribution in [1.82, 2.24) is 9.55 Å². The summed E-state index contributed by atoms with van der Waals surface area (Å²) in [6.07, 6.45) is 6.04. The van der Waals surface area contributed by atoms with Crippen molar-refractivity contribution >= 4 is 23.3 Å². The first kappa shape index (κ1) is 12.8. The number of aromatic amines is 1. The standard InChI is InChI=1S/C14H16F2N2S/c15-10-5-6-11-13(12(10)16)18(14(19)17-11)8-7-9-3-1-2-4-9/h5-6,9H,1-4,7-8H2,(H,17,19). The van der Waals surface area contributed by atoms with Crippen molar-refractivity contribution in [2.75, 3.05) is 0 Å². The number of benzene rings is 1. The van der Waals surface area contributed by atoms with Gasteiger partial charge in [-0.05, 0) is 36.7 Å². The van der Waals surface area contributed by atoms with Gasteiger partial charge in [-0.25, -0.2) is 8.78 Å². The Morgan fingerprint density at radius 2 is 2.00 bits per heavy atom. The number of halogens is 2. The molecular weight excluding hydrogens is 266 g/mol. The summed E-state index contributed by atoms with van der Waals surface area (Å²) in [7, 11) is 0. The number of fused-ring (bicyclic) bond motifs is 1.